The quantitative estimate of drug-likeness (QED) is 0.165. The molecule has 0 aromatic heterocycles. The van der Waals surface area contributed by atoms with Gasteiger partial charge in [0.05, 0.1) is 12.3 Å². The van der Waals surface area contributed by atoms with E-state index in [-0.39, 0.29) is 30.3 Å². The molecule has 0 N–H and O–H groups in total. The first-order valence-electron chi connectivity index (χ1n) is 16.7. The molecule has 8 heteroatoms. The summed E-state index contributed by atoms with van der Waals surface area (Å²) in [4.78, 5) is 40.2. The number of hydrogen-bond acceptors (Lipinski definition) is 4. The molecule has 1 unspecified atom stereocenters. The van der Waals surface area contributed by atoms with Crippen LogP contribution in [0.25, 0.3) is 0 Å². The topological polar surface area (TPSA) is 63.7 Å². The van der Waals surface area contributed by atoms with Crippen LogP contribution in [0.1, 0.15) is 123 Å². The minimum atomic E-state index is -4.49. The van der Waals surface area contributed by atoms with Crippen LogP contribution < -0.4 is 9.64 Å². The molecule has 0 radical (unpaired) electrons. The Hall–Kier alpha value is -3.68. The summed E-state index contributed by atoms with van der Waals surface area (Å²) in [7, 11) is 0. The Kier molecular flexibility index (Phi) is 10.5. The number of nitrogens with zero attached hydrogens (tertiary/aromatic N) is 1. The van der Waals surface area contributed by atoms with E-state index in [2.05, 4.69) is 6.58 Å². The van der Waals surface area contributed by atoms with E-state index >= 15 is 0 Å². The Morgan fingerprint density at radius 3 is 1.98 bits per heavy atom. The first-order valence-corrected chi connectivity index (χ1v) is 16.7. The molecule has 1 heterocycles. The maximum Gasteiger partial charge on any atom is 0.394 e. The number of carbonyl (C=O) groups excluding carboxylic acids is 3. The monoisotopic (exact) mass is 635 g/mol. The van der Waals surface area contributed by atoms with E-state index < -0.39 is 30.0 Å². The molecule has 2 aromatic carbocycles. The van der Waals surface area contributed by atoms with Gasteiger partial charge < -0.3 is 9.64 Å². The summed E-state index contributed by atoms with van der Waals surface area (Å²) in [5.74, 6) is -1.74. The van der Waals surface area contributed by atoms with Crippen LogP contribution in [0, 0.1) is 5.92 Å². The maximum absolute atomic E-state index is 14.0. The predicted octanol–water partition coefficient (Wildman–Crippen LogP) is 9.55. The third kappa shape index (κ3) is 7.31. The van der Waals surface area contributed by atoms with E-state index in [4.69, 9.17) is 4.74 Å². The molecule has 2 saturated carbocycles. The maximum atomic E-state index is 14.0. The van der Waals surface area contributed by atoms with Gasteiger partial charge in [0.25, 0.3) is 5.91 Å². The highest BCUT2D eigenvalue weighted by atomic mass is 19.4. The number of alkyl halides is 3. The van der Waals surface area contributed by atoms with Crippen LogP contribution in [0.3, 0.4) is 0 Å². The lowest BCUT2D eigenvalue weighted by molar-refractivity contribution is -0.178. The summed E-state index contributed by atoms with van der Waals surface area (Å²) < 4.78 is 48.0. The van der Waals surface area contributed by atoms with E-state index in [1.807, 2.05) is 12.1 Å². The van der Waals surface area contributed by atoms with Crippen molar-refractivity contribution in [3.63, 3.8) is 0 Å². The molecule has 2 fully saturated rings. The average molecular weight is 636 g/mol. The van der Waals surface area contributed by atoms with Crippen molar-refractivity contribution in [3.8, 4) is 5.75 Å². The molecule has 0 saturated heterocycles. The number of carbonyl (C=O) groups is 3. The number of esters is 1. The Morgan fingerprint density at radius 1 is 0.957 bits per heavy atom. The normalized spacial score (nSPS) is 22.0. The number of rotatable bonds is 8. The highest BCUT2D eigenvalue weighted by Gasteiger charge is 2.48. The Morgan fingerprint density at radius 2 is 1.50 bits per heavy atom. The van der Waals surface area contributed by atoms with Crippen molar-refractivity contribution in [3.05, 3.63) is 82.5 Å². The summed E-state index contributed by atoms with van der Waals surface area (Å²) in [6.45, 7) is 6.63. The van der Waals surface area contributed by atoms with Gasteiger partial charge in [-0.1, -0.05) is 68.9 Å². The average Bonchev–Trinajstić information content (AvgIpc) is 3.14. The molecule has 246 valence electrons. The van der Waals surface area contributed by atoms with Crippen molar-refractivity contribution in [1.29, 1.82) is 0 Å². The molecule has 2 atom stereocenters. The molecule has 1 amide bonds. The molecule has 5 rings (SSSR count). The van der Waals surface area contributed by atoms with Gasteiger partial charge in [0, 0.05) is 22.9 Å². The van der Waals surface area contributed by atoms with Crippen LogP contribution in [-0.2, 0) is 16.0 Å². The molecule has 46 heavy (non-hydrogen) atoms. The number of hydrogen-bond donors (Lipinski definition) is 0. The molecular formula is C38H44F3NO4. The number of anilines is 1. The number of amides is 1. The van der Waals surface area contributed by atoms with Crippen LogP contribution in [-0.4, -0.2) is 30.4 Å². The van der Waals surface area contributed by atoms with Crippen molar-refractivity contribution < 1.29 is 32.3 Å². The van der Waals surface area contributed by atoms with Gasteiger partial charge in [0.2, 0.25) is 0 Å². The van der Waals surface area contributed by atoms with E-state index in [1.54, 1.807) is 31.2 Å². The zero-order valence-corrected chi connectivity index (χ0v) is 26.8. The SMILES string of the molecule is C=CC1=C(C)C[C@@H](C(F)(F)F)C(C)N(c2ccc(CC(=O)Oc3cc(C4CCCCC4)c(C=O)c(C4CCCCC4)c3)cc2)C1=O. The first kappa shape index (κ1) is 33.7. The van der Waals surface area contributed by atoms with Gasteiger partial charge in [-0.25, -0.2) is 0 Å². The molecule has 1 aliphatic heterocycles. The summed E-state index contributed by atoms with van der Waals surface area (Å²) in [6, 6.07) is 9.06. The third-order valence-electron chi connectivity index (χ3n) is 10.3. The minimum absolute atomic E-state index is 0.0567. The zero-order chi connectivity index (χ0) is 33.0. The second-order valence-electron chi connectivity index (χ2n) is 13.3. The lowest BCUT2D eigenvalue weighted by atomic mass is 9.77. The minimum Gasteiger partial charge on any atom is -0.426 e. The van der Waals surface area contributed by atoms with Crippen molar-refractivity contribution in [2.24, 2.45) is 5.92 Å². The van der Waals surface area contributed by atoms with E-state index in [9.17, 15) is 27.6 Å². The van der Waals surface area contributed by atoms with E-state index in [0.717, 1.165) is 74.3 Å². The van der Waals surface area contributed by atoms with Gasteiger partial charge in [-0.2, -0.15) is 13.2 Å². The van der Waals surface area contributed by atoms with Crippen molar-refractivity contribution in [2.45, 2.75) is 115 Å². The molecule has 5 nitrogen and oxygen atoms in total. The standard InChI is InChI=1S/C38H44F3NO4/c1-4-31-24(2)19-35(38(39,40)41)25(3)42(37(31)45)29-17-15-26(16-18-29)20-36(44)46-30-21-32(27-11-7-5-8-12-27)34(23-43)33(22-30)28-13-9-6-10-14-28/h4,15-18,21-23,25,27-28,35H,1,5-14,19-20H2,2-3H3/t25?,35-/m1/s1. The fourth-order valence-electron chi connectivity index (χ4n) is 7.77. The molecule has 0 bridgehead atoms. The summed E-state index contributed by atoms with van der Waals surface area (Å²) in [6.07, 6.45) is 8.38. The number of halogens is 3. The van der Waals surface area contributed by atoms with Crippen LogP contribution in [0.4, 0.5) is 18.9 Å². The molecular weight excluding hydrogens is 591 g/mol. The van der Waals surface area contributed by atoms with Crippen molar-refractivity contribution in [2.75, 3.05) is 4.90 Å². The van der Waals surface area contributed by atoms with Crippen molar-refractivity contribution in [1.82, 2.24) is 0 Å². The highest BCUT2D eigenvalue weighted by molar-refractivity contribution is 6.08. The molecule has 2 aliphatic carbocycles. The zero-order valence-electron chi connectivity index (χ0n) is 26.8. The number of benzene rings is 2. The fraction of sp³-hybridized carbons (Fsp3) is 0.500. The summed E-state index contributed by atoms with van der Waals surface area (Å²) in [5, 5.41) is 0. The van der Waals surface area contributed by atoms with Gasteiger partial charge in [-0.3, -0.25) is 14.4 Å². The van der Waals surface area contributed by atoms with E-state index in [1.165, 1.54) is 30.7 Å². The number of ether oxygens (including phenoxy) is 1. The summed E-state index contributed by atoms with van der Waals surface area (Å²) in [5.41, 5.74) is 4.20. The van der Waals surface area contributed by atoms with Crippen LogP contribution in [0.5, 0.6) is 5.75 Å². The van der Waals surface area contributed by atoms with Gasteiger partial charge >= 0.3 is 12.1 Å². The molecule has 2 aromatic rings. The first-order chi connectivity index (χ1) is 22.0. The Labute approximate surface area is 269 Å². The van der Waals surface area contributed by atoms with E-state index in [0.29, 0.717) is 22.6 Å². The van der Waals surface area contributed by atoms with Crippen LogP contribution in [0.15, 0.2) is 60.2 Å². The summed E-state index contributed by atoms with van der Waals surface area (Å²) >= 11 is 0. The smallest absolute Gasteiger partial charge is 0.394 e. The highest BCUT2D eigenvalue weighted by Crippen LogP contribution is 2.43. The van der Waals surface area contributed by atoms with Crippen LogP contribution >= 0.6 is 0 Å². The number of aldehydes is 1. The molecule has 3 aliphatic rings. The Balaban J connectivity index is 1.37. The van der Waals surface area contributed by atoms with Gasteiger partial charge in [-0.15, -0.1) is 0 Å². The second kappa shape index (κ2) is 14.4. The molecule has 0 spiro atoms. The lowest BCUT2D eigenvalue weighted by Crippen LogP contribution is -2.46. The van der Waals surface area contributed by atoms with Crippen molar-refractivity contribution >= 4 is 23.9 Å². The largest absolute Gasteiger partial charge is 0.426 e. The lowest BCUT2D eigenvalue weighted by Gasteiger charge is -2.34. The Bertz CT molecular complexity index is 1440. The second-order valence-corrected chi connectivity index (χ2v) is 13.3. The van der Waals surface area contributed by atoms with Gasteiger partial charge in [0.15, 0.2) is 6.29 Å². The third-order valence-corrected chi connectivity index (χ3v) is 10.3. The van der Waals surface area contributed by atoms with Gasteiger partial charge in [-0.05, 0) is 98.7 Å². The van der Waals surface area contributed by atoms with Gasteiger partial charge in [0.1, 0.15) is 5.75 Å². The fourth-order valence-corrected chi connectivity index (χ4v) is 7.77. The number of allylic oxidation sites excluding steroid dienone is 1. The van der Waals surface area contributed by atoms with Crippen LogP contribution in [0.2, 0.25) is 0 Å². The predicted molar refractivity (Wildman–Crippen MR) is 173 cm³/mol.